The molecule has 3 aromatic heterocycles. The highest BCUT2D eigenvalue weighted by Crippen LogP contribution is 2.28. The summed E-state index contributed by atoms with van der Waals surface area (Å²) in [4.78, 5) is 13.8. The van der Waals surface area contributed by atoms with Crippen LogP contribution in [-0.4, -0.2) is 29.9 Å². The zero-order chi connectivity index (χ0) is 18.8. The van der Waals surface area contributed by atoms with Gasteiger partial charge in [0.25, 0.3) is 0 Å². The molecule has 3 heterocycles. The summed E-state index contributed by atoms with van der Waals surface area (Å²) in [5.74, 6) is 1.38. The Bertz CT molecular complexity index is 906. The van der Waals surface area contributed by atoms with E-state index in [1.54, 1.807) is 0 Å². The van der Waals surface area contributed by atoms with Crippen LogP contribution >= 0.6 is 0 Å². The van der Waals surface area contributed by atoms with E-state index in [4.69, 9.17) is 0 Å². The maximum Gasteiger partial charge on any atom is 0.184 e. The minimum atomic E-state index is 0.302. The second-order valence-electron chi connectivity index (χ2n) is 6.84. The molecule has 26 heavy (non-hydrogen) atoms. The normalized spacial score (nSPS) is 12.5. The summed E-state index contributed by atoms with van der Waals surface area (Å²) in [5, 5.41) is 12.2. The Morgan fingerprint density at radius 3 is 2.50 bits per heavy atom. The molecule has 0 bridgehead atoms. The Morgan fingerprint density at radius 2 is 1.85 bits per heavy atom. The standard InChI is InChI=1S/C19H27N7/c1-7-9-15(8-2)26-19-17(24-25-26)18(21-14(6)22-19)23-16-11(3)10-12(4)20-13(16)5/h10,15H,7-9H2,1-6H3,(H,21,22,23). The predicted octanol–water partition coefficient (Wildman–Crippen LogP) is 4.34. The number of hydrogen-bond acceptors (Lipinski definition) is 6. The lowest BCUT2D eigenvalue weighted by Crippen LogP contribution is -2.11. The molecular weight excluding hydrogens is 326 g/mol. The van der Waals surface area contributed by atoms with Crippen LogP contribution in [0.1, 0.15) is 61.9 Å². The molecule has 1 N–H and O–H groups in total. The molecule has 3 rings (SSSR count). The average Bonchev–Trinajstić information content (AvgIpc) is 2.99. The van der Waals surface area contributed by atoms with E-state index in [9.17, 15) is 0 Å². The fourth-order valence-corrected chi connectivity index (χ4v) is 3.44. The Hall–Kier alpha value is -2.57. The monoisotopic (exact) mass is 353 g/mol. The van der Waals surface area contributed by atoms with Gasteiger partial charge in [-0.25, -0.2) is 14.6 Å². The van der Waals surface area contributed by atoms with Crippen LogP contribution in [0.4, 0.5) is 11.5 Å². The number of hydrogen-bond donors (Lipinski definition) is 1. The third kappa shape index (κ3) is 3.38. The minimum absolute atomic E-state index is 0.302. The van der Waals surface area contributed by atoms with Crippen LogP contribution in [0.15, 0.2) is 6.07 Å². The minimum Gasteiger partial charge on any atom is -0.336 e. The molecule has 0 aromatic carbocycles. The molecule has 1 atom stereocenters. The Kier molecular flexibility index (Phi) is 5.15. The molecule has 0 aliphatic rings. The summed E-state index contributed by atoms with van der Waals surface area (Å²) in [6.07, 6.45) is 3.15. The third-order valence-corrected chi connectivity index (χ3v) is 4.64. The second kappa shape index (κ2) is 7.35. The number of aromatic nitrogens is 6. The number of fused-ring (bicyclic) bond motifs is 1. The molecule has 0 saturated heterocycles. The van der Waals surface area contributed by atoms with Crippen LogP contribution in [0.2, 0.25) is 0 Å². The van der Waals surface area contributed by atoms with Crippen molar-refractivity contribution >= 4 is 22.7 Å². The molecule has 7 heteroatoms. The quantitative estimate of drug-likeness (QED) is 0.710. The molecule has 7 nitrogen and oxygen atoms in total. The second-order valence-corrected chi connectivity index (χ2v) is 6.84. The van der Waals surface area contributed by atoms with Crippen LogP contribution in [0, 0.1) is 27.7 Å². The maximum absolute atomic E-state index is 4.62. The molecular formula is C19H27N7. The van der Waals surface area contributed by atoms with Gasteiger partial charge in [0.2, 0.25) is 0 Å². The molecule has 138 valence electrons. The number of aryl methyl sites for hydroxylation is 4. The number of pyridine rings is 1. The highest BCUT2D eigenvalue weighted by Gasteiger charge is 2.19. The van der Waals surface area contributed by atoms with Gasteiger partial charge in [-0.3, -0.25) is 4.98 Å². The summed E-state index contributed by atoms with van der Waals surface area (Å²) in [7, 11) is 0. The van der Waals surface area contributed by atoms with Crippen molar-refractivity contribution < 1.29 is 0 Å². The summed E-state index contributed by atoms with van der Waals surface area (Å²) in [6, 6.07) is 2.36. The molecule has 0 fully saturated rings. The Balaban J connectivity index is 2.09. The van der Waals surface area contributed by atoms with Crippen LogP contribution in [0.5, 0.6) is 0 Å². The third-order valence-electron chi connectivity index (χ3n) is 4.64. The van der Waals surface area contributed by atoms with Gasteiger partial charge in [0.05, 0.1) is 17.4 Å². The van der Waals surface area contributed by atoms with E-state index in [1.807, 2.05) is 25.5 Å². The molecule has 0 spiro atoms. The lowest BCUT2D eigenvalue weighted by atomic mass is 10.1. The summed E-state index contributed by atoms with van der Waals surface area (Å²) in [6.45, 7) is 12.3. The van der Waals surface area contributed by atoms with Gasteiger partial charge < -0.3 is 5.32 Å². The van der Waals surface area contributed by atoms with Gasteiger partial charge in [-0.15, -0.1) is 5.10 Å². The first-order valence-corrected chi connectivity index (χ1v) is 9.26. The smallest absolute Gasteiger partial charge is 0.184 e. The van der Waals surface area contributed by atoms with E-state index in [1.165, 1.54) is 0 Å². The molecule has 1 unspecified atom stereocenters. The van der Waals surface area contributed by atoms with Gasteiger partial charge in [0, 0.05) is 5.69 Å². The van der Waals surface area contributed by atoms with Gasteiger partial charge in [-0.2, -0.15) is 0 Å². The van der Waals surface area contributed by atoms with E-state index in [0.717, 1.165) is 47.5 Å². The molecule has 3 aromatic rings. The van der Waals surface area contributed by atoms with Gasteiger partial charge >= 0.3 is 0 Å². The van der Waals surface area contributed by atoms with Crippen LogP contribution in [0.25, 0.3) is 11.2 Å². The molecule has 0 radical (unpaired) electrons. The van der Waals surface area contributed by atoms with E-state index in [2.05, 4.69) is 57.4 Å². The zero-order valence-electron chi connectivity index (χ0n) is 16.5. The molecule has 0 aliphatic carbocycles. The van der Waals surface area contributed by atoms with Gasteiger partial charge in [0.1, 0.15) is 5.82 Å². The average molecular weight is 353 g/mol. The van der Waals surface area contributed by atoms with Crippen molar-refractivity contribution in [3.63, 3.8) is 0 Å². The fraction of sp³-hybridized carbons (Fsp3) is 0.526. The number of anilines is 2. The largest absolute Gasteiger partial charge is 0.336 e. The maximum atomic E-state index is 4.62. The summed E-state index contributed by atoms with van der Waals surface area (Å²) < 4.78 is 1.95. The zero-order valence-corrected chi connectivity index (χ0v) is 16.5. The van der Waals surface area contributed by atoms with E-state index < -0.39 is 0 Å². The first-order valence-electron chi connectivity index (χ1n) is 9.26. The van der Waals surface area contributed by atoms with Crippen LogP contribution in [-0.2, 0) is 0 Å². The van der Waals surface area contributed by atoms with E-state index in [-0.39, 0.29) is 0 Å². The SMILES string of the molecule is CCCC(CC)n1nnc2c(Nc3c(C)cc(C)nc3C)nc(C)nc21. The topological polar surface area (TPSA) is 81.4 Å². The van der Waals surface area contributed by atoms with Gasteiger partial charge in [0.15, 0.2) is 17.0 Å². The van der Waals surface area contributed by atoms with Crippen molar-refractivity contribution in [2.24, 2.45) is 0 Å². The molecule has 0 aliphatic heterocycles. The van der Waals surface area contributed by atoms with E-state index >= 15 is 0 Å². The number of nitrogens with one attached hydrogen (secondary N) is 1. The van der Waals surface area contributed by atoms with Gasteiger partial charge in [-0.05, 0) is 52.2 Å². The van der Waals surface area contributed by atoms with Crippen molar-refractivity contribution in [1.82, 2.24) is 29.9 Å². The van der Waals surface area contributed by atoms with Gasteiger partial charge in [-0.1, -0.05) is 25.5 Å². The van der Waals surface area contributed by atoms with Crippen LogP contribution in [0.3, 0.4) is 0 Å². The summed E-state index contributed by atoms with van der Waals surface area (Å²) >= 11 is 0. The van der Waals surface area contributed by atoms with Crippen molar-refractivity contribution in [3.8, 4) is 0 Å². The lowest BCUT2D eigenvalue weighted by molar-refractivity contribution is 0.408. The van der Waals surface area contributed by atoms with Crippen molar-refractivity contribution in [2.75, 3.05) is 5.32 Å². The lowest BCUT2D eigenvalue weighted by Gasteiger charge is -2.15. The van der Waals surface area contributed by atoms with Crippen molar-refractivity contribution in [1.29, 1.82) is 0 Å². The Morgan fingerprint density at radius 1 is 1.08 bits per heavy atom. The highest BCUT2D eigenvalue weighted by molar-refractivity contribution is 5.85. The van der Waals surface area contributed by atoms with Crippen molar-refractivity contribution in [3.05, 3.63) is 28.8 Å². The van der Waals surface area contributed by atoms with Crippen molar-refractivity contribution in [2.45, 2.75) is 66.8 Å². The Labute approximate surface area is 154 Å². The molecule has 0 saturated carbocycles. The van der Waals surface area contributed by atoms with E-state index in [0.29, 0.717) is 23.2 Å². The fourth-order valence-electron chi connectivity index (χ4n) is 3.44. The summed E-state index contributed by atoms with van der Waals surface area (Å²) in [5.41, 5.74) is 5.53. The number of nitrogens with zero attached hydrogens (tertiary/aromatic N) is 6. The molecule has 0 amide bonds. The first kappa shape index (κ1) is 18.2. The first-order chi connectivity index (χ1) is 12.4. The highest BCUT2D eigenvalue weighted by atomic mass is 15.5. The number of rotatable bonds is 6. The predicted molar refractivity (Wildman–Crippen MR) is 104 cm³/mol. The van der Waals surface area contributed by atoms with Crippen LogP contribution < -0.4 is 5.32 Å².